The van der Waals surface area contributed by atoms with Crippen LogP contribution in [0.25, 0.3) is 0 Å². The normalized spacial score (nSPS) is 25.9. The van der Waals surface area contributed by atoms with Gasteiger partial charge in [0.1, 0.15) is 0 Å². The highest BCUT2D eigenvalue weighted by Gasteiger charge is 2.56. The van der Waals surface area contributed by atoms with Gasteiger partial charge in [0.25, 0.3) is 20.0 Å². The van der Waals surface area contributed by atoms with Gasteiger partial charge in [0, 0.05) is 11.7 Å². The smallest absolute Gasteiger partial charge is 0.320 e. The van der Waals surface area contributed by atoms with Gasteiger partial charge in [-0.05, 0) is 26.2 Å². The van der Waals surface area contributed by atoms with Crippen molar-refractivity contribution in [1.29, 1.82) is 0 Å². The zero-order valence-electron chi connectivity index (χ0n) is 9.59. The van der Waals surface area contributed by atoms with E-state index in [1.807, 2.05) is 0 Å². The van der Waals surface area contributed by atoms with Crippen molar-refractivity contribution >= 4 is 31.8 Å². The molecule has 0 aliphatic carbocycles. The highest BCUT2D eigenvalue weighted by molar-refractivity contribution is 8.28. The molecule has 17 heavy (non-hydrogen) atoms. The molecule has 0 aromatic rings. The summed E-state index contributed by atoms with van der Waals surface area (Å²) in [4.78, 5) is 0. The minimum Gasteiger partial charge on any atom is -0.349 e. The number of primary sulfonamides is 1. The molecule has 0 radical (unpaired) electrons. The minimum atomic E-state index is -4.36. The Morgan fingerprint density at radius 3 is 2.12 bits per heavy atom. The standard InChI is InChI=1S/C7H15N3O4S3/c1-6(2,3)10-17(13,14)7(16(8,11)12)9-4-5-15-7/h4-5,9-10H,1-3H3,(H2,8,11,12). The maximum absolute atomic E-state index is 12.1. The van der Waals surface area contributed by atoms with Crippen LogP contribution in [0.15, 0.2) is 11.6 Å². The monoisotopic (exact) mass is 301 g/mol. The third-order valence-electron chi connectivity index (χ3n) is 1.72. The van der Waals surface area contributed by atoms with Crippen molar-refractivity contribution in [3.05, 3.63) is 11.6 Å². The molecule has 7 nitrogen and oxygen atoms in total. The van der Waals surface area contributed by atoms with Gasteiger partial charge in [-0.15, -0.1) is 0 Å². The van der Waals surface area contributed by atoms with Gasteiger partial charge in [0.2, 0.25) is 0 Å². The summed E-state index contributed by atoms with van der Waals surface area (Å²) in [7, 11) is -8.57. The van der Waals surface area contributed by atoms with Crippen molar-refractivity contribution < 1.29 is 16.8 Å². The number of rotatable bonds is 3. The second kappa shape index (κ2) is 4.12. The molecule has 1 atom stereocenters. The molecule has 1 rings (SSSR count). The lowest BCUT2D eigenvalue weighted by Crippen LogP contribution is -2.60. The first-order valence-electron chi connectivity index (χ1n) is 4.58. The Morgan fingerprint density at radius 2 is 1.82 bits per heavy atom. The number of thioether (sulfide) groups is 1. The van der Waals surface area contributed by atoms with Gasteiger partial charge in [0.15, 0.2) is 0 Å². The fraction of sp³-hybridized carbons (Fsp3) is 0.714. The van der Waals surface area contributed by atoms with Gasteiger partial charge in [-0.25, -0.2) is 26.7 Å². The topological polar surface area (TPSA) is 118 Å². The summed E-state index contributed by atoms with van der Waals surface area (Å²) in [6, 6.07) is 0. The zero-order valence-corrected chi connectivity index (χ0v) is 12.0. The number of hydrogen-bond acceptors (Lipinski definition) is 6. The molecule has 100 valence electrons. The Kier molecular flexibility index (Phi) is 3.58. The molecule has 0 saturated carbocycles. The van der Waals surface area contributed by atoms with E-state index in [0.29, 0.717) is 11.8 Å². The van der Waals surface area contributed by atoms with Crippen LogP contribution >= 0.6 is 11.8 Å². The molecule has 4 N–H and O–H groups in total. The third kappa shape index (κ3) is 2.76. The van der Waals surface area contributed by atoms with E-state index < -0.39 is 29.1 Å². The summed E-state index contributed by atoms with van der Waals surface area (Å²) >= 11 is 0.589. The maximum Gasteiger partial charge on any atom is 0.320 e. The maximum atomic E-state index is 12.1. The summed E-state index contributed by atoms with van der Waals surface area (Å²) in [5.41, 5.74) is -0.804. The molecule has 0 aromatic heterocycles. The second-order valence-electron chi connectivity index (χ2n) is 4.52. The molecule has 0 saturated heterocycles. The quantitative estimate of drug-likeness (QED) is 0.641. The lowest BCUT2D eigenvalue weighted by Gasteiger charge is -2.30. The Bertz CT molecular complexity index is 521. The van der Waals surface area contributed by atoms with Gasteiger partial charge in [0.05, 0.1) is 0 Å². The number of nitrogens with one attached hydrogen (secondary N) is 2. The fourth-order valence-corrected chi connectivity index (χ4v) is 5.90. The van der Waals surface area contributed by atoms with Crippen molar-refractivity contribution in [3.8, 4) is 0 Å². The molecule has 1 unspecified atom stereocenters. The Hall–Kier alpha value is -0.290. The van der Waals surface area contributed by atoms with Crippen molar-refractivity contribution in [2.45, 2.75) is 29.8 Å². The highest BCUT2D eigenvalue weighted by Crippen LogP contribution is 2.37. The van der Waals surface area contributed by atoms with Crippen LogP contribution in [0.3, 0.4) is 0 Å². The van der Waals surface area contributed by atoms with E-state index in [0.717, 1.165) is 0 Å². The summed E-state index contributed by atoms with van der Waals surface area (Å²) in [6.45, 7) is 4.82. The summed E-state index contributed by atoms with van der Waals surface area (Å²) in [5.74, 6) is 0. The number of hydrogen-bond donors (Lipinski definition) is 3. The van der Waals surface area contributed by atoms with E-state index in [1.165, 1.54) is 11.6 Å². The fourth-order valence-electron chi connectivity index (χ4n) is 1.21. The first kappa shape index (κ1) is 14.8. The van der Waals surface area contributed by atoms with Crippen LogP contribution in [0.2, 0.25) is 0 Å². The van der Waals surface area contributed by atoms with E-state index in [4.69, 9.17) is 5.14 Å². The third-order valence-corrected chi connectivity index (χ3v) is 8.28. The predicted molar refractivity (Wildman–Crippen MR) is 67.5 cm³/mol. The zero-order chi connectivity index (χ0) is 13.5. The van der Waals surface area contributed by atoms with Gasteiger partial charge < -0.3 is 5.32 Å². The molecule has 0 fully saturated rings. The van der Waals surface area contributed by atoms with Crippen molar-refractivity contribution in [2.75, 3.05) is 0 Å². The number of sulfonamides is 2. The molecule has 0 spiro atoms. The first-order chi connectivity index (χ1) is 7.41. The highest BCUT2D eigenvalue weighted by atomic mass is 32.3. The molecule has 1 heterocycles. The predicted octanol–water partition coefficient (Wildman–Crippen LogP) is -0.588. The Labute approximate surface area is 105 Å². The first-order valence-corrected chi connectivity index (χ1v) is 8.49. The van der Waals surface area contributed by atoms with Crippen molar-refractivity contribution in [1.82, 2.24) is 10.0 Å². The van der Waals surface area contributed by atoms with Gasteiger partial charge in [-0.3, -0.25) is 0 Å². The van der Waals surface area contributed by atoms with Crippen LogP contribution in [0.5, 0.6) is 0 Å². The molecule has 10 heteroatoms. The van der Waals surface area contributed by atoms with Crippen LogP contribution in [-0.2, 0) is 20.0 Å². The Balaban J connectivity index is 3.28. The van der Waals surface area contributed by atoms with E-state index >= 15 is 0 Å². The van der Waals surface area contributed by atoms with Gasteiger partial charge in [-0.2, -0.15) is 0 Å². The largest absolute Gasteiger partial charge is 0.349 e. The van der Waals surface area contributed by atoms with E-state index in [1.54, 1.807) is 20.8 Å². The van der Waals surface area contributed by atoms with Crippen molar-refractivity contribution in [3.63, 3.8) is 0 Å². The molecule has 0 aromatic carbocycles. The lowest BCUT2D eigenvalue weighted by molar-refractivity contribution is 0.483. The van der Waals surface area contributed by atoms with Crippen LogP contribution in [0.1, 0.15) is 20.8 Å². The Morgan fingerprint density at radius 1 is 1.29 bits per heavy atom. The molecule has 0 amide bonds. The molecular weight excluding hydrogens is 286 g/mol. The van der Waals surface area contributed by atoms with Gasteiger partial charge >= 0.3 is 3.54 Å². The van der Waals surface area contributed by atoms with Crippen LogP contribution in [0, 0.1) is 0 Å². The number of nitrogens with two attached hydrogens (primary N) is 1. The average Bonchev–Trinajstić information content (AvgIpc) is 2.44. The van der Waals surface area contributed by atoms with Gasteiger partial charge in [-0.1, -0.05) is 11.8 Å². The minimum absolute atomic E-state index is 0.589. The van der Waals surface area contributed by atoms with E-state index in [9.17, 15) is 16.8 Å². The molecule has 0 bridgehead atoms. The second-order valence-corrected chi connectivity index (χ2v) is 9.94. The molecular formula is C7H15N3O4S3. The van der Waals surface area contributed by atoms with E-state index in [-0.39, 0.29) is 0 Å². The van der Waals surface area contributed by atoms with Crippen LogP contribution in [0.4, 0.5) is 0 Å². The molecule has 1 aliphatic heterocycles. The lowest BCUT2D eigenvalue weighted by atomic mass is 10.1. The SMILES string of the molecule is CC(C)(C)NS(=O)(=O)C1(S(N)(=O)=O)NC=CS1. The van der Waals surface area contributed by atoms with Crippen molar-refractivity contribution in [2.24, 2.45) is 5.14 Å². The summed E-state index contributed by atoms with van der Waals surface area (Å²) < 4.78 is 47.3. The average molecular weight is 301 g/mol. The molecule has 1 aliphatic rings. The van der Waals surface area contributed by atoms with Crippen LogP contribution < -0.4 is 15.2 Å². The van der Waals surface area contributed by atoms with Crippen LogP contribution in [-0.4, -0.2) is 25.9 Å². The van der Waals surface area contributed by atoms with E-state index in [2.05, 4.69) is 10.0 Å². The summed E-state index contributed by atoms with van der Waals surface area (Å²) in [5, 5.41) is 8.63. The summed E-state index contributed by atoms with van der Waals surface area (Å²) in [6.07, 6.45) is 1.23.